The van der Waals surface area contributed by atoms with Crippen LogP contribution in [0.15, 0.2) is 42.7 Å². The van der Waals surface area contributed by atoms with Crippen LogP contribution in [0.3, 0.4) is 0 Å². The standard InChI is InChI=1S/C25H30N2SSi/c1-7-17(8-2)21-14-19(13-18-11-9-10-12-20(18)21)23-24-22(26-15-27-23)16(3)25(28-24)29(4,5)6/h9-15,17H,7-8H2,1-6H3. The van der Waals surface area contributed by atoms with E-state index in [9.17, 15) is 0 Å². The molecule has 0 unspecified atom stereocenters. The van der Waals surface area contributed by atoms with Crippen molar-refractivity contribution in [2.45, 2.75) is 59.2 Å². The Kier molecular flexibility index (Phi) is 5.34. The van der Waals surface area contributed by atoms with Crippen LogP contribution in [0.5, 0.6) is 0 Å². The second kappa shape index (κ2) is 7.65. The summed E-state index contributed by atoms with van der Waals surface area (Å²) in [7, 11) is -1.42. The van der Waals surface area contributed by atoms with Crippen molar-refractivity contribution >= 4 is 44.9 Å². The van der Waals surface area contributed by atoms with Crippen molar-refractivity contribution in [1.82, 2.24) is 9.97 Å². The van der Waals surface area contributed by atoms with Gasteiger partial charge in [0, 0.05) is 5.56 Å². The van der Waals surface area contributed by atoms with Gasteiger partial charge >= 0.3 is 0 Å². The highest BCUT2D eigenvalue weighted by Crippen LogP contribution is 2.38. The van der Waals surface area contributed by atoms with E-state index in [-0.39, 0.29) is 0 Å². The van der Waals surface area contributed by atoms with Gasteiger partial charge in [-0.3, -0.25) is 0 Å². The van der Waals surface area contributed by atoms with Gasteiger partial charge in [0.15, 0.2) is 0 Å². The van der Waals surface area contributed by atoms with Crippen LogP contribution in [0.25, 0.3) is 32.2 Å². The lowest BCUT2D eigenvalue weighted by molar-refractivity contribution is 0.647. The first-order chi connectivity index (χ1) is 13.8. The quantitative estimate of drug-likeness (QED) is 0.318. The number of aromatic nitrogens is 2. The third-order valence-electron chi connectivity index (χ3n) is 5.98. The summed E-state index contributed by atoms with van der Waals surface area (Å²) < 4.78 is 2.78. The lowest BCUT2D eigenvalue weighted by atomic mass is 9.87. The molecule has 0 N–H and O–H groups in total. The van der Waals surface area contributed by atoms with Crippen LogP contribution in [0.2, 0.25) is 19.6 Å². The number of fused-ring (bicyclic) bond motifs is 2. The number of nitrogens with zero attached hydrogens (tertiary/aromatic N) is 2. The summed E-state index contributed by atoms with van der Waals surface area (Å²) in [6.07, 6.45) is 4.05. The Balaban J connectivity index is 2.01. The minimum absolute atomic E-state index is 0.569. The van der Waals surface area contributed by atoms with E-state index in [4.69, 9.17) is 4.98 Å². The third-order valence-corrected chi connectivity index (χ3v) is 11.0. The average molecular weight is 419 g/mol. The fourth-order valence-corrected chi connectivity index (χ4v) is 8.29. The molecule has 0 bridgehead atoms. The zero-order valence-electron chi connectivity index (χ0n) is 18.3. The molecule has 0 aliphatic heterocycles. The van der Waals surface area contributed by atoms with Crippen molar-refractivity contribution in [3.63, 3.8) is 0 Å². The van der Waals surface area contributed by atoms with Gasteiger partial charge in [-0.1, -0.05) is 57.8 Å². The monoisotopic (exact) mass is 418 g/mol. The van der Waals surface area contributed by atoms with Crippen molar-refractivity contribution < 1.29 is 0 Å². The second-order valence-corrected chi connectivity index (χ2v) is 15.4. The molecule has 0 saturated carbocycles. The van der Waals surface area contributed by atoms with Gasteiger partial charge in [0.2, 0.25) is 0 Å². The maximum atomic E-state index is 4.79. The van der Waals surface area contributed by atoms with Gasteiger partial charge in [0.25, 0.3) is 0 Å². The second-order valence-electron chi connectivity index (χ2n) is 9.01. The van der Waals surface area contributed by atoms with Crippen molar-refractivity contribution in [2.75, 3.05) is 0 Å². The van der Waals surface area contributed by atoms with Gasteiger partial charge in [0.05, 0.1) is 24.0 Å². The Morgan fingerprint density at radius 3 is 2.41 bits per heavy atom. The third kappa shape index (κ3) is 3.53. The Hall–Kier alpha value is -2.04. The van der Waals surface area contributed by atoms with Gasteiger partial charge in [-0.25, -0.2) is 9.97 Å². The van der Waals surface area contributed by atoms with Crippen molar-refractivity contribution in [1.29, 1.82) is 0 Å². The molecule has 2 aromatic heterocycles. The number of hydrogen-bond donors (Lipinski definition) is 0. The van der Waals surface area contributed by atoms with Crippen LogP contribution in [-0.4, -0.2) is 18.0 Å². The zero-order chi connectivity index (χ0) is 20.8. The van der Waals surface area contributed by atoms with E-state index in [0.717, 1.165) is 24.1 Å². The summed E-state index contributed by atoms with van der Waals surface area (Å²) in [5.74, 6) is 0.569. The molecule has 2 nitrogen and oxygen atoms in total. The molecular weight excluding hydrogens is 388 g/mol. The minimum Gasteiger partial charge on any atom is -0.235 e. The number of benzene rings is 2. The number of aryl methyl sites for hydroxylation is 1. The smallest absolute Gasteiger partial charge is 0.116 e. The summed E-state index contributed by atoms with van der Waals surface area (Å²) in [4.78, 5) is 9.46. The molecule has 0 atom stereocenters. The first-order valence-corrected chi connectivity index (χ1v) is 14.9. The molecule has 2 aromatic carbocycles. The molecule has 4 rings (SSSR count). The summed E-state index contributed by atoms with van der Waals surface area (Å²) in [6, 6.07) is 13.5. The van der Waals surface area contributed by atoms with Crippen LogP contribution in [0.1, 0.15) is 43.7 Å². The highest BCUT2D eigenvalue weighted by atomic mass is 32.1. The molecule has 0 aliphatic carbocycles. The largest absolute Gasteiger partial charge is 0.235 e. The van der Waals surface area contributed by atoms with Gasteiger partial charge in [0.1, 0.15) is 6.33 Å². The fraction of sp³-hybridized carbons (Fsp3) is 0.360. The molecular formula is C25H30N2SSi. The molecule has 4 heteroatoms. The topological polar surface area (TPSA) is 25.8 Å². The molecule has 0 saturated heterocycles. The van der Waals surface area contributed by atoms with E-state index < -0.39 is 8.07 Å². The van der Waals surface area contributed by atoms with E-state index >= 15 is 0 Å². The predicted molar refractivity (Wildman–Crippen MR) is 131 cm³/mol. The van der Waals surface area contributed by atoms with Gasteiger partial charge < -0.3 is 0 Å². The average Bonchev–Trinajstić information content (AvgIpc) is 3.06. The van der Waals surface area contributed by atoms with Gasteiger partial charge in [-0.2, -0.15) is 0 Å². The molecule has 2 heterocycles. The van der Waals surface area contributed by atoms with E-state index in [1.807, 2.05) is 11.3 Å². The first kappa shape index (κ1) is 20.2. The maximum Gasteiger partial charge on any atom is 0.116 e. The Morgan fingerprint density at radius 1 is 1.00 bits per heavy atom. The minimum atomic E-state index is -1.42. The molecule has 4 aromatic rings. The van der Waals surface area contributed by atoms with Gasteiger partial charge in [-0.05, 0) is 64.2 Å². The Morgan fingerprint density at radius 2 is 1.72 bits per heavy atom. The van der Waals surface area contributed by atoms with Crippen LogP contribution in [0.4, 0.5) is 0 Å². The lowest BCUT2D eigenvalue weighted by Crippen LogP contribution is -2.36. The van der Waals surface area contributed by atoms with Crippen LogP contribution < -0.4 is 4.50 Å². The Labute approximate surface area is 179 Å². The summed E-state index contributed by atoms with van der Waals surface area (Å²) in [5.41, 5.74) is 6.25. The van der Waals surface area contributed by atoms with E-state index in [0.29, 0.717) is 5.92 Å². The maximum absolute atomic E-state index is 4.79. The van der Waals surface area contributed by atoms with E-state index in [1.165, 1.54) is 36.7 Å². The summed E-state index contributed by atoms with van der Waals surface area (Å²) >= 11 is 1.92. The van der Waals surface area contributed by atoms with Crippen LogP contribution in [-0.2, 0) is 0 Å². The van der Waals surface area contributed by atoms with Crippen LogP contribution in [0, 0.1) is 6.92 Å². The van der Waals surface area contributed by atoms with Crippen molar-refractivity contribution in [2.24, 2.45) is 0 Å². The number of thiophene rings is 1. The zero-order valence-corrected chi connectivity index (χ0v) is 20.2. The molecule has 0 radical (unpaired) electrons. The van der Waals surface area contributed by atoms with Gasteiger partial charge in [-0.15, -0.1) is 11.3 Å². The first-order valence-electron chi connectivity index (χ1n) is 10.6. The highest BCUT2D eigenvalue weighted by molar-refractivity contribution is 7.32. The highest BCUT2D eigenvalue weighted by Gasteiger charge is 2.25. The van der Waals surface area contributed by atoms with Crippen molar-refractivity contribution in [3.8, 4) is 11.3 Å². The molecule has 29 heavy (non-hydrogen) atoms. The summed E-state index contributed by atoms with van der Waals surface area (Å²) in [5, 5.41) is 2.68. The van der Waals surface area contributed by atoms with E-state index in [1.54, 1.807) is 6.33 Å². The SMILES string of the molecule is CCC(CC)c1cc(-c2ncnc3c(C)c([Si](C)(C)C)sc23)cc2ccccc12. The van der Waals surface area contributed by atoms with Crippen LogP contribution >= 0.6 is 11.3 Å². The molecule has 150 valence electrons. The summed E-state index contributed by atoms with van der Waals surface area (Å²) in [6.45, 7) is 14.1. The lowest BCUT2D eigenvalue weighted by Gasteiger charge is -2.18. The fourth-order valence-electron chi connectivity index (χ4n) is 4.49. The number of rotatable bonds is 5. The van der Waals surface area contributed by atoms with E-state index in [2.05, 4.69) is 81.8 Å². The normalized spacial score (nSPS) is 12.4. The van der Waals surface area contributed by atoms with Crippen molar-refractivity contribution in [3.05, 3.63) is 53.9 Å². The molecule has 0 amide bonds. The predicted octanol–water partition coefficient (Wildman–Crippen LogP) is 7.27. The number of hydrogen-bond acceptors (Lipinski definition) is 3. The molecule has 0 fully saturated rings. The molecule has 0 aliphatic rings. The Bertz CT molecular complexity index is 1180. The molecule has 0 spiro atoms.